The summed E-state index contributed by atoms with van der Waals surface area (Å²) < 4.78 is 55.7. The molecule has 2 rings (SSSR count). The summed E-state index contributed by atoms with van der Waals surface area (Å²) in [6, 6.07) is 5.50. The van der Waals surface area contributed by atoms with Crippen LogP contribution in [0.5, 0.6) is 0 Å². The van der Waals surface area contributed by atoms with E-state index in [1.807, 2.05) is 0 Å². The van der Waals surface area contributed by atoms with E-state index in [0.717, 1.165) is 0 Å². The number of rotatable bonds is 5. The SMILES string of the molecule is Cc1nn(C)cc1S(=O)(=O)Nc1ccc(S(=O)(=O)NC(C)(C)C)cc1. The third-order valence-corrected chi connectivity index (χ3v) is 6.37. The number of nitrogens with zero attached hydrogens (tertiary/aromatic N) is 2. The van der Waals surface area contributed by atoms with Crippen LogP contribution in [0.2, 0.25) is 0 Å². The van der Waals surface area contributed by atoms with E-state index < -0.39 is 25.6 Å². The fourth-order valence-corrected chi connectivity index (χ4v) is 4.91. The summed E-state index contributed by atoms with van der Waals surface area (Å²) in [5.74, 6) is 0. The number of aromatic nitrogens is 2. The average Bonchev–Trinajstić information content (AvgIpc) is 2.76. The Hall–Kier alpha value is -1.91. The van der Waals surface area contributed by atoms with Crippen molar-refractivity contribution >= 4 is 25.7 Å². The Bertz CT molecular complexity index is 970. The zero-order valence-corrected chi connectivity index (χ0v) is 16.4. The van der Waals surface area contributed by atoms with Crippen LogP contribution in [0.4, 0.5) is 5.69 Å². The first-order valence-electron chi connectivity index (χ1n) is 7.47. The predicted octanol–water partition coefficient (Wildman–Crippen LogP) is 1.61. The van der Waals surface area contributed by atoms with Gasteiger partial charge < -0.3 is 0 Å². The van der Waals surface area contributed by atoms with Crippen molar-refractivity contribution in [2.75, 3.05) is 4.72 Å². The fraction of sp³-hybridized carbons (Fsp3) is 0.400. The Morgan fingerprint density at radius 1 is 1.00 bits per heavy atom. The molecule has 0 fully saturated rings. The lowest BCUT2D eigenvalue weighted by Gasteiger charge is -2.20. The van der Waals surface area contributed by atoms with Gasteiger partial charge in [0.1, 0.15) is 4.90 Å². The predicted molar refractivity (Wildman–Crippen MR) is 95.3 cm³/mol. The van der Waals surface area contributed by atoms with Crippen LogP contribution in [-0.4, -0.2) is 32.2 Å². The third-order valence-electron chi connectivity index (χ3n) is 3.12. The molecule has 0 bridgehead atoms. The summed E-state index contributed by atoms with van der Waals surface area (Å²) in [4.78, 5) is 0.129. The Labute approximate surface area is 148 Å². The van der Waals surface area contributed by atoms with Gasteiger partial charge in [-0.3, -0.25) is 9.40 Å². The Balaban J connectivity index is 2.25. The first kappa shape index (κ1) is 19.4. The van der Waals surface area contributed by atoms with E-state index >= 15 is 0 Å². The second kappa shape index (κ2) is 6.43. The van der Waals surface area contributed by atoms with Gasteiger partial charge in [-0.1, -0.05) is 0 Å². The Kier molecular flexibility index (Phi) is 4.99. The first-order valence-corrected chi connectivity index (χ1v) is 10.4. The molecule has 0 saturated heterocycles. The lowest BCUT2D eigenvalue weighted by Crippen LogP contribution is -2.40. The van der Waals surface area contributed by atoms with E-state index in [-0.39, 0.29) is 15.5 Å². The van der Waals surface area contributed by atoms with Gasteiger partial charge in [-0.05, 0) is 52.0 Å². The molecule has 8 nitrogen and oxygen atoms in total. The topological polar surface area (TPSA) is 110 Å². The second-order valence-electron chi connectivity index (χ2n) is 6.74. The molecule has 0 atom stereocenters. The summed E-state index contributed by atoms with van der Waals surface area (Å²) in [6.45, 7) is 6.82. The van der Waals surface area contributed by atoms with Gasteiger partial charge in [-0.15, -0.1) is 0 Å². The van der Waals surface area contributed by atoms with Crippen molar-refractivity contribution in [1.29, 1.82) is 0 Å². The molecule has 0 unspecified atom stereocenters. The number of hydrogen-bond acceptors (Lipinski definition) is 5. The maximum atomic E-state index is 12.4. The van der Waals surface area contributed by atoms with Gasteiger partial charge in [-0.2, -0.15) is 5.10 Å². The lowest BCUT2D eigenvalue weighted by atomic mass is 10.1. The van der Waals surface area contributed by atoms with Crippen molar-refractivity contribution in [2.24, 2.45) is 7.05 Å². The molecular weight excluding hydrogens is 364 g/mol. The van der Waals surface area contributed by atoms with Crippen LogP contribution in [-0.2, 0) is 27.1 Å². The third kappa shape index (κ3) is 4.80. The smallest absolute Gasteiger partial charge is 0.265 e. The maximum Gasteiger partial charge on any atom is 0.265 e. The maximum absolute atomic E-state index is 12.4. The van der Waals surface area contributed by atoms with E-state index in [1.54, 1.807) is 34.7 Å². The van der Waals surface area contributed by atoms with Crippen LogP contribution in [0.1, 0.15) is 26.5 Å². The molecule has 0 radical (unpaired) electrons. The molecule has 2 N–H and O–H groups in total. The molecule has 1 aromatic carbocycles. The molecule has 0 saturated carbocycles. The van der Waals surface area contributed by atoms with Crippen molar-refractivity contribution in [3.8, 4) is 0 Å². The molecule has 0 aliphatic carbocycles. The molecular formula is C15H22N4O4S2. The summed E-state index contributed by atoms with van der Waals surface area (Å²) in [5.41, 5.74) is 0.0262. The summed E-state index contributed by atoms with van der Waals surface area (Å²) in [7, 11) is -5.84. The van der Waals surface area contributed by atoms with Crippen molar-refractivity contribution < 1.29 is 16.8 Å². The highest BCUT2D eigenvalue weighted by Crippen LogP contribution is 2.20. The first-order chi connectivity index (χ1) is 11.3. The minimum Gasteiger partial charge on any atom is -0.280 e. The number of hydrogen-bond donors (Lipinski definition) is 2. The van der Waals surface area contributed by atoms with Gasteiger partial charge in [0.2, 0.25) is 10.0 Å². The molecule has 0 aliphatic heterocycles. The number of anilines is 1. The summed E-state index contributed by atoms with van der Waals surface area (Å²) >= 11 is 0. The standard InChI is InChI=1S/C15H22N4O4S2/c1-11-14(10-19(5)16-11)25(22,23)17-12-6-8-13(9-7-12)24(20,21)18-15(2,3)4/h6-10,17-18H,1-5H3. The number of sulfonamides is 2. The molecule has 0 amide bonds. The highest BCUT2D eigenvalue weighted by Gasteiger charge is 2.23. The summed E-state index contributed by atoms with van der Waals surface area (Å²) in [6.07, 6.45) is 1.41. The zero-order valence-electron chi connectivity index (χ0n) is 14.7. The molecule has 1 heterocycles. The van der Waals surface area contributed by atoms with Gasteiger partial charge in [-0.25, -0.2) is 21.6 Å². The van der Waals surface area contributed by atoms with Crippen molar-refractivity contribution in [2.45, 2.75) is 43.0 Å². The van der Waals surface area contributed by atoms with Crippen molar-refractivity contribution in [1.82, 2.24) is 14.5 Å². The quantitative estimate of drug-likeness (QED) is 0.811. The van der Waals surface area contributed by atoms with Crippen LogP contribution in [0.15, 0.2) is 40.3 Å². The minimum absolute atomic E-state index is 0.0583. The van der Waals surface area contributed by atoms with Gasteiger partial charge in [0.25, 0.3) is 10.0 Å². The normalized spacial score (nSPS) is 13.0. The van der Waals surface area contributed by atoms with Crippen molar-refractivity contribution in [3.63, 3.8) is 0 Å². The Morgan fingerprint density at radius 3 is 2.00 bits per heavy atom. The number of aryl methyl sites for hydroxylation is 2. The zero-order chi connectivity index (χ0) is 19.0. The monoisotopic (exact) mass is 386 g/mol. The van der Waals surface area contributed by atoms with Crippen LogP contribution < -0.4 is 9.44 Å². The molecule has 0 aliphatic rings. The van der Waals surface area contributed by atoms with E-state index in [0.29, 0.717) is 5.69 Å². The number of nitrogens with one attached hydrogen (secondary N) is 2. The fourth-order valence-electron chi connectivity index (χ4n) is 2.22. The second-order valence-corrected chi connectivity index (χ2v) is 10.1. The van der Waals surface area contributed by atoms with Crippen LogP contribution in [0.3, 0.4) is 0 Å². The van der Waals surface area contributed by atoms with E-state index in [2.05, 4.69) is 14.5 Å². The summed E-state index contributed by atoms with van der Waals surface area (Å²) in [5, 5.41) is 4.01. The average molecular weight is 386 g/mol. The largest absolute Gasteiger partial charge is 0.280 e. The molecule has 1 aromatic heterocycles. The van der Waals surface area contributed by atoms with E-state index in [4.69, 9.17) is 0 Å². The van der Waals surface area contributed by atoms with Gasteiger partial charge in [0, 0.05) is 24.5 Å². The lowest BCUT2D eigenvalue weighted by molar-refractivity contribution is 0.491. The Morgan fingerprint density at radius 2 is 1.56 bits per heavy atom. The molecule has 10 heteroatoms. The molecule has 25 heavy (non-hydrogen) atoms. The van der Waals surface area contributed by atoms with Crippen LogP contribution in [0.25, 0.3) is 0 Å². The van der Waals surface area contributed by atoms with Gasteiger partial charge >= 0.3 is 0 Å². The number of benzene rings is 1. The van der Waals surface area contributed by atoms with Crippen molar-refractivity contribution in [3.05, 3.63) is 36.2 Å². The van der Waals surface area contributed by atoms with E-state index in [1.165, 1.54) is 35.1 Å². The van der Waals surface area contributed by atoms with Gasteiger partial charge in [0.05, 0.1) is 10.6 Å². The highest BCUT2D eigenvalue weighted by molar-refractivity contribution is 7.92. The van der Waals surface area contributed by atoms with Gasteiger partial charge in [0.15, 0.2) is 0 Å². The molecule has 0 spiro atoms. The minimum atomic E-state index is -3.80. The van der Waals surface area contributed by atoms with Crippen LogP contribution >= 0.6 is 0 Å². The highest BCUT2D eigenvalue weighted by atomic mass is 32.2. The molecule has 138 valence electrons. The van der Waals surface area contributed by atoms with Crippen LogP contribution in [0, 0.1) is 6.92 Å². The van der Waals surface area contributed by atoms with E-state index in [9.17, 15) is 16.8 Å². The molecule has 2 aromatic rings.